The first kappa shape index (κ1) is 12.8. The number of halogens is 2. The summed E-state index contributed by atoms with van der Waals surface area (Å²) in [5.74, 6) is -4.39. The highest BCUT2D eigenvalue weighted by Crippen LogP contribution is 2.40. The van der Waals surface area contributed by atoms with E-state index in [2.05, 4.69) is 4.98 Å². The predicted molar refractivity (Wildman–Crippen MR) is 68.3 cm³/mol. The number of fused-ring (bicyclic) bond motifs is 1. The van der Waals surface area contributed by atoms with Crippen molar-refractivity contribution in [3.05, 3.63) is 54.2 Å². The molecule has 0 amide bonds. The summed E-state index contributed by atoms with van der Waals surface area (Å²) in [6, 6.07) is 9.50. The normalized spacial score (nSPS) is 13.8. The van der Waals surface area contributed by atoms with Crippen LogP contribution in [-0.2, 0) is 13.0 Å². The minimum absolute atomic E-state index is 0.0947. The fraction of sp³-hybridized carbons (Fsp3) is 0.214. The zero-order valence-corrected chi connectivity index (χ0v) is 10.6. The van der Waals surface area contributed by atoms with Gasteiger partial charge in [0.05, 0.1) is 5.69 Å². The lowest BCUT2D eigenvalue weighted by Gasteiger charge is -2.20. The highest BCUT2D eigenvalue weighted by Gasteiger charge is 2.47. The van der Waals surface area contributed by atoms with Gasteiger partial charge in [-0.25, -0.2) is 4.98 Å². The molecule has 1 unspecified atom stereocenters. The van der Waals surface area contributed by atoms with Crippen molar-refractivity contribution >= 4 is 11.1 Å². The second-order valence-electron chi connectivity index (χ2n) is 4.56. The third-order valence-corrected chi connectivity index (χ3v) is 3.19. The number of rotatable bonds is 3. The topological polar surface area (TPSA) is 51.2 Å². The molecule has 6 heteroatoms. The van der Waals surface area contributed by atoms with Crippen LogP contribution in [-0.4, -0.2) is 14.7 Å². The van der Waals surface area contributed by atoms with Gasteiger partial charge in [0.2, 0.25) is 0 Å². The molecular formula is C14H12F2N2O2. The van der Waals surface area contributed by atoms with Gasteiger partial charge in [-0.2, -0.15) is 8.78 Å². The number of aliphatic hydroxyl groups excluding tert-OH is 1. The van der Waals surface area contributed by atoms with E-state index in [0.29, 0.717) is 5.52 Å². The average Bonchev–Trinajstić information content (AvgIpc) is 3.03. The number of aryl methyl sites for hydroxylation is 1. The molecule has 3 aromatic rings. The van der Waals surface area contributed by atoms with Crippen LogP contribution >= 0.6 is 0 Å². The summed E-state index contributed by atoms with van der Waals surface area (Å²) >= 11 is 0. The van der Waals surface area contributed by atoms with Gasteiger partial charge in [0, 0.05) is 13.2 Å². The second kappa shape index (κ2) is 4.42. The van der Waals surface area contributed by atoms with Crippen molar-refractivity contribution in [2.45, 2.75) is 12.0 Å². The summed E-state index contributed by atoms with van der Waals surface area (Å²) in [6.07, 6.45) is -0.434. The van der Waals surface area contributed by atoms with E-state index < -0.39 is 17.9 Å². The molecule has 0 aliphatic heterocycles. The number of aliphatic hydroxyl groups is 1. The molecule has 1 N–H and O–H groups in total. The van der Waals surface area contributed by atoms with Gasteiger partial charge in [-0.1, -0.05) is 12.1 Å². The van der Waals surface area contributed by atoms with E-state index in [1.807, 2.05) is 0 Å². The number of hydrogen-bond acceptors (Lipinski definition) is 3. The van der Waals surface area contributed by atoms with Crippen LogP contribution in [0.2, 0.25) is 0 Å². The number of hydrogen-bond donors (Lipinski definition) is 1. The summed E-state index contributed by atoms with van der Waals surface area (Å²) in [5.41, 5.74) is 0.694. The van der Waals surface area contributed by atoms with Gasteiger partial charge in [0.15, 0.2) is 11.7 Å². The summed E-state index contributed by atoms with van der Waals surface area (Å²) in [6.45, 7) is 0. The average molecular weight is 278 g/mol. The number of benzene rings is 1. The zero-order valence-electron chi connectivity index (χ0n) is 10.6. The van der Waals surface area contributed by atoms with Gasteiger partial charge in [-0.15, -0.1) is 0 Å². The maximum Gasteiger partial charge on any atom is 0.353 e. The van der Waals surface area contributed by atoms with Crippen molar-refractivity contribution in [3.63, 3.8) is 0 Å². The number of aromatic nitrogens is 2. The molecule has 0 bridgehead atoms. The van der Waals surface area contributed by atoms with Crippen LogP contribution in [0.15, 0.2) is 47.0 Å². The molecular weight excluding hydrogens is 266 g/mol. The molecule has 1 atom stereocenters. The van der Waals surface area contributed by atoms with E-state index in [0.717, 1.165) is 0 Å². The van der Waals surface area contributed by atoms with Gasteiger partial charge in [-0.05, 0) is 24.3 Å². The van der Waals surface area contributed by atoms with Crippen molar-refractivity contribution in [3.8, 4) is 0 Å². The number of alkyl halides is 2. The van der Waals surface area contributed by atoms with Crippen LogP contribution < -0.4 is 0 Å². The Morgan fingerprint density at radius 2 is 2.00 bits per heavy atom. The van der Waals surface area contributed by atoms with Crippen molar-refractivity contribution in [2.24, 2.45) is 7.05 Å². The Morgan fingerprint density at radius 1 is 1.25 bits per heavy atom. The molecule has 1 aromatic carbocycles. The molecule has 0 aliphatic carbocycles. The molecule has 0 radical (unpaired) electrons. The third kappa shape index (κ3) is 1.89. The van der Waals surface area contributed by atoms with E-state index in [9.17, 15) is 13.9 Å². The lowest BCUT2D eigenvalue weighted by Crippen LogP contribution is -2.25. The van der Waals surface area contributed by atoms with Crippen LogP contribution in [0.5, 0.6) is 0 Å². The molecule has 0 saturated carbocycles. The molecule has 0 aliphatic rings. The lowest BCUT2D eigenvalue weighted by atomic mass is 10.1. The van der Waals surface area contributed by atoms with Crippen molar-refractivity contribution in [1.82, 2.24) is 9.55 Å². The Kier molecular flexibility index (Phi) is 2.83. The summed E-state index contributed by atoms with van der Waals surface area (Å²) in [4.78, 5) is 3.76. The molecule has 0 spiro atoms. The van der Waals surface area contributed by atoms with Gasteiger partial charge < -0.3 is 14.1 Å². The number of para-hydroxylation sites is 2. The molecule has 4 nitrogen and oxygen atoms in total. The van der Waals surface area contributed by atoms with Crippen LogP contribution in [0.3, 0.4) is 0 Å². The predicted octanol–water partition coefficient (Wildman–Crippen LogP) is 2.99. The largest absolute Gasteiger partial charge is 0.435 e. The molecule has 2 heterocycles. The van der Waals surface area contributed by atoms with Crippen molar-refractivity contribution < 1.29 is 18.3 Å². The van der Waals surface area contributed by atoms with Crippen LogP contribution in [0.25, 0.3) is 11.1 Å². The fourth-order valence-corrected chi connectivity index (χ4v) is 2.08. The molecule has 0 saturated heterocycles. The smallest absolute Gasteiger partial charge is 0.353 e. The Balaban J connectivity index is 2.04. The van der Waals surface area contributed by atoms with Gasteiger partial charge in [0.25, 0.3) is 5.89 Å². The molecule has 3 rings (SSSR count). The summed E-state index contributed by atoms with van der Waals surface area (Å²) < 4.78 is 35.1. The molecule has 0 fully saturated rings. The first-order valence-electron chi connectivity index (χ1n) is 6.03. The van der Waals surface area contributed by atoms with Crippen LogP contribution in [0.1, 0.15) is 17.7 Å². The Bertz CT molecular complexity index is 715. The Labute approximate surface area is 113 Å². The van der Waals surface area contributed by atoms with E-state index in [-0.39, 0.29) is 11.3 Å². The van der Waals surface area contributed by atoms with Crippen LogP contribution in [0.4, 0.5) is 8.78 Å². The quantitative estimate of drug-likeness (QED) is 0.801. The molecule has 2 aromatic heterocycles. The SMILES string of the molecule is Cn1cccc1C(O)C(F)(F)c1nc2ccccc2o1. The van der Waals surface area contributed by atoms with E-state index in [1.54, 1.807) is 43.6 Å². The molecule has 104 valence electrons. The van der Waals surface area contributed by atoms with Gasteiger partial charge >= 0.3 is 5.92 Å². The maximum atomic E-state index is 14.3. The van der Waals surface area contributed by atoms with E-state index in [1.165, 1.54) is 10.6 Å². The first-order chi connectivity index (χ1) is 9.50. The van der Waals surface area contributed by atoms with Gasteiger partial charge in [-0.3, -0.25) is 0 Å². The van der Waals surface area contributed by atoms with Crippen LogP contribution in [0, 0.1) is 0 Å². The highest BCUT2D eigenvalue weighted by molar-refractivity contribution is 5.72. The number of oxazole rings is 1. The first-order valence-corrected chi connectivity index (χ1v) is 6.03. The van der Waals surface area contributed by atoms with Crippen molar-refractivity contribution in [2.75, 3.05) is 0 Å². The summed E-state index contributed by atoms with van der Waals surface area (Å²) in [7, 11) is 1.58. The number of nitrogens with zero attached hydrogens (tertiary/aromatic N) is 2. The van der Waals surface area contributed by atoms with E-state index in [4.69, 9.17) is 4.42 Å². The second-order valence-corrected chi connectivity index (χ2v) is 4.56. The molecule has 20 heavy (non-hydrogen) atoms. The highest BCUT2D eigenvalue weighted by atomic mass is 19.3. The Morgan fingerprint density at radius 3 is 2.65 bits per heavy atom. The zero-order chi connectivity index (χ0) is 14.3. The monoisotopic (exact) mass is 278 g/mol. The maximum absolute atomic E-state index is 14.3. The minimum atomic E-state index is -3.61. The standard InChI is InChI=1S/C14H12F2N2O2/c1-18-8-4-6-10(18)12(19)14(15,16)13-17-9-5-2-3-7-11(9)20-13/h2-8,12,19H,1H3. The third-order valence-electron chi connectivity index (χ3n) is 3.19. The van der Waals surface area contributed by atoms with Crippen molar-refractivity contribution in [1.29, 1.82) is 0 Å². The minimum Gasteiger partial charge on any atom is -0.435 e. The lowest BCUT2D eigenvalue weighted by molar-refractivity contribution is -0.136. The van der Waals surface area contributed by atoms with E-state index >= 15 is 0 Å². The fourth-order valence-electron chi connectivity index (χ4n) is 2.08. The summed E-state index contributed by atoms with van der Waals surface area (Å²) in [5, 5.41) is 9.93. The Hall–Kier alpha value is -2.21. The van der Waals surface area contributed by atoms with Gasteiger partial charge in [0.1, 0.15) is 5.52 Å².